The summed E-state index contributed by atoms with van der Waals surface area (Å²) in [6.45, 7) is 6.61. The Morgan fingerprint density at radius 2 is 1.71 bits per heavy atom. The van der Waals surface area contributed by atoms with Crippen molar-refractivity contribution in [2.45, 2.75) is 19.1 Å². The third-order valence-electron chi connectivity index (χ3n) is 7.30. The number of nitrogens with one attached hydrogen (secondary N) is 1. The summed E-state index contributed by atoms with van der Waals surface area (Å²) in [5.74, 6) is -0.420. The van der Waals surface area contributed by atoms with Crippen molar-refractivity contribution in [3.05, 3.63) is 58.1 Å². The van der Waals surface area contributed by atoms with E-state index in [1.165, 1.54) is 0 Å². The highest BCUT2D eigenvalue weighted by atomic mass is 35.5. The van der Waals surface area contributed by atoms with Crippen molar-refractivity contribution in [1.29, 1.82) is 0 Å². The number of alkyl halides is 3. The molecule has 2 aliphatic heterocycles. The Morgan fingerprint density at radius 1 is 1.00 bits per heavy atom. The van der Waals surface area contributed by atoms with Crippen molar-refractivity contribution in [2.75, 3.05) is 68.1 Å². The highest BCUT2D eigenvalue weighted by Gasteiger charge is 2.36. The number of hydrogen-bond acceptors (Lipinski definition) is 8. The molecule has 0 spiro atoms. The van der Waals surface area contributed by atoms with Gasteiger partial charge in [-0.15, -0.1) is 0 Å². The standard InChI is InChI=1S/C27H28Cl2F3N7O2/c1-16-15-39(4-3-37(16)2)23-11-21(28)18(17-12-34-26(35-13-17)38-5-7-41-8-6-38)9-22(23)36-25(40)19-14-33-24(29)10-20(19)27(30,31)32/h9-14,16H,3-8,15H2,1-2H3,(H,36,40). The molecule has 0 aliphatic carbocycles. The molecule has 0 saturated carbocycles. The number of morpholine rings is 1. The minimum Gasteiger partial charge on any atom is -0.378 e. The average molecular weight is 610 g/mol. The summed E-state index contributed by atoms with van der Waals surface area (Å²) in [6.07, 6.45) is -0.715. The molecule has 1 N–H and O–H groups in total. The zero-order chi connectivity index (χ0) is 29.3. The fourth-order valence-corrected chi connectivity index (χ4v) is 5.26. The molecule has 4 heterocycles. The molecule has 2 aliphatic rings. The lowest BCUT2D eigenvalue weighted by atomic mass is 10.0. The number of piperazine rings is 1. The van der Waals surface area contributed by atoms with E-state index < -0.39 is 23.2 Å². The van der Waals surface area contributed by atoms with Crippen molar-refractivity contribution >= 4 is 46.4 Å². The van der Waals surface area contributed by atoms with Crippen LogP contribution in [0.5, 0.6) is 0 Å². The van der Waals surface area contributed by atoms with Gasteiger partial charge in [0, 0.05) is 68.5 Å². The Balaban J connectivity index is 1.52. The highest BCUT2D eigenvalue weighted by Crippen LogP contribution is 2.39. The van der Waals surface area contributed by atoms with E-state index >= 15 is 0 Å². The van der Waals surface area contributed by atoms with Crippen molar-refractivity contribution < 1.29 is 22.7 Å². The maximum Gasteiger partial charge on any atom is 0.417 e. The maximum atomic E-state index is 13.8. The van der Waals surface area contributed by atoms with E-state index in [1.54, 1.807) is 24.5 Å². The third-order valence-corrected chi connectivity index (χ3v) is 7.82. The molecule has 9 nitrogen and oxygen atoms in total. The number of pyridine rings is 1. The molecule has 1 aromatic carbocycles. The van der Waals surface area contributed by atoms with Crippen LogP contribution in [0.4, 0.5) is 30.5 Å². The second kappa shape index (κ2) is 12.0. The number of rotatable bonds is 5. The number of ether oxygens (including phenoxy) is 1. The van der Waals surface area contributed by atoms with Crippen LogP contribution in [-0.4, -0.2) is 84.8 Å². The Bertz CT molecular complexity index is 1420. The summed E-state index contributed by atoms with van der Waals surface area (Å²) in [4.78, 5) is 32.3. The molecule has 2 aromatic heterocycles. The van der Waals surface area contributed by atoms with Gasteiger partial charge in [0.15, 0.2) is 0 Å². The van der Waals surface area contributed by atoms with Gasteiger partial charge in [0.1, 0.15) is 5.15 Å². The van der Waals surface area contributed by atoms with Crippen LogP contribution in [0, 0.1) is 0 Å². The molecule has 14 heteroatoms. The number of aromatic nitrogens is 3. The van der Waals surface area contributed by atoms with E-state index in [0.717, 1.165) is 12.7 Å². The number of halogens is 5. The van der Waals surface area contributed by atoms with Gasteiger partial charge < -0.3 is 24.8 Å². The molecule has 2 saturated heterocycles. The molecule has 5 rings (SSSR count). The number of likely N-dealkylation sites (N-methyl/N-ethyl adjacent to an activating group) is 1. The van der Waals surface area contributed by atoms with Crippen LogP contribution in [0.1, 0.15) is 22.8 Å². The zero-order valence-corrected chi connectivity index (χ0v) is 23.9. The van der Waals surface area contributed by atoms with E-state index in [2.05, 4.69) is 37.0 Å². The molecular weight excluding hydrogens is 582 g/mol. The second-order valence-corrected chi connectivity index (χ2v) is 10.8. The van der Waals surface area contributed by atoms with Crippen LogP contribution in [0.15, 0.2) is 36.8 Å². The minimum absolute atomic E-state index is 0.198. The first-order valence-corrected chi connectivity index (χ1v) is 13.7. The molecule has 2 fully saturated rings. The fourth-order valence-electron chi connectivity index (χ4n) is 4.83. The van der Waals surface area contributed by atoms with Gasteiger partial charge in [-0.25, -0.2) is 15.0 Å². The predicted octanol–water partition coefficient (Wildman–Crippen LogP) is 5.09. The zero-order valence-electron chi connectivity index (χ0n) is 22.4. The number of carbonyl (C=O) groups excluding carboxylic acids is 1. The molecule has 0 bridgehead atoms. The number of anilines is 3. The Kier molecular flexibility index (Phi) is 8.55. The number of nitrogens with zero attached hydrogens (tertiary/aromatic N) is 6. The smallest absolute Gasteiger partial charge is 0.378 e. The highest BCUT2D eigenvalue weighted by molar-refractivity contribution is 6.34. The molecule has 0 radical (unpaired) electrons. The van der Waals surface area contributed by atoms with E-state index in [0.29, 0.717) is 78.9 Å². The fraction of sp³-hybridized carbons (Fsp3) is 0.407. The number of carbonyl (C=O) groups is 1. The van der Waals surface area contributed by atoms with E-state index in [1.807, 2.05) is 11.9 Å². The van der Waals surface area contributed by atoms with Gasteiger partial charge in [-0.05, 0) is 32.2 Å². The lowest BCUT2D eigenvalue weighted by Crippen LogP contribution is -2.50. The first-order chi connectivity index (χ1) is 19.5. The summed E-state index contributed by atoms with van der Waals surface area (Å²) in [7, 11) is 2.02. The lowest BCUT2D eigenvalue weighted by molar-refractivity contribution is -0.137. The summed E-state index contributed by atoms with van der Waals surface area (Å²) in [6, 6.07) is 4.19. The van der Waals surface area contributed by atoms with Gasteiger partial charge in [-0.1, -0.05) is 23.2 Å². The Hall–Kier alpha value is -3.19. The van der Waals surface area contributed by atoms with Crippen LogP contribution < -0.4 is 15.1 Å². The predicted molar refractivity (Wildman–Crippen MR) is 152 cm³/mol. The quantitative estimate of drug-likeness (QED) is 0.400. The minimum atomic E-state index is -4.81. The van der Waals surface area contributed by atoms with Crippen molar-refractivity contribution in [1.82, 2.24) is 19.9 Å². The molecule has 41 heavy (non-hydrogen) atoms. The summed E-state index contributed by atoms with van der Waals surface area (Å²) in [5.41, 5.74) is 0.178. The second-order valence-electron chi connectivity index (χ2n) is 10.0. The van der Waals surface area contributed by atoms with Gasteiger partial charge >= 0.3 is 6.18 Å². The number of hydrogen-bond donors (Lipinski definition) is 1. The molecule has 218 valence electrons. The largest absolute Gasteiger partial charge is 0.417 e. The number of amides is 1. The van der Waals surface area contributed by atoms with Gasteiger partial charge in [-0.3, -0.25) is 4.79 Å². The summed E-state index contributed by atoms with van der Waals surface area (Å²) >= 11 is 12.5. The van der Waals surface area contributed by atoms with Gasteiger partial charge in [-0.2, -0.15) is 13.2 Å². The van der Waals surface area contributed by atoms with Gasteiger partial charge in [0.2, 0.25) is 5.95 Å². The average Bonchev–Trinajstić information content (AvgIpc) is 2.95. The topological polar surface area (TPSA) is 86.7 Å². The van der Waals surface area contributed by atoms with Crippen LogP contribution >= 0.6 is 23.2 Å². The van der Waals surface area contributed by atoms with Crippen molar-refractivity contribution in [3.63, 3.8) is 0 Å². The lowest BCUT2D eigenvalue weighted by Gasteiger charge is -2.40. The van der Waals surface area contributed by atoms with Crippen molar-refractivity contribution in [3.8, 4) is 11.1 Å². The number of benzene rings is 1. The van der Waals surface area contributed by atoms with Crippen LogP contribution in [0.2, 0.25) is 10.2 Å². The normalized spacial score (nSPS) is 18.5. The molecule has 1 amide bonds. The van der Waals surface area contributed by atoms with E-state index in [-0.39, 0.29) is 11.2 Å². The molecule has 1 atom stereocenters. The molecular formula is C27H28Cl2F3N7O2. The van der Waals surface area contributed by atoms with E-state index in [9.17, 15) is 18.0 Å². The van der Waals surface area contributed by atoms with Gasteiger partial charge in [0.05, 0.1) is 40.7 Å². The monoisotopic (exact) mass is 609 g/mol. The third kappa shape index (κ3) is 6.50. The molecule has 3 aromatic rings. The summed E-state index contributed by atoms with van der Waals surface area (Å²) in [5, 5.41) is 2.70. The maximum absolute atomic E-state index is 13.8. The Morgan fingerprint density at radius 3 is 2.37 bits per heavy atom. The van der Waals surface area contributed by atoms with Gasteiger partial charge in [0.25, 0.3) is 5.91 Å². The van der Waals surface area contributed by atoms with Crippen LogP contribution in [0.25, 0.3) is 11.1 Å². The van der Waals surface area contributed by atoms with Crippen molar-refractivity contribution in [2.24, 2.45) is 0 Å². The summed E-state index contributed by atoms with van der Waals surface area (Å²) < 4.78 is 46.7. The van der Waals surface area contributed by atoms with Crippen LogP contribution in [0.3, 0.4) is 0 Å². The first kappa shape index (κ1) is 29.3. The Labute approximate surface area is 245 Å². The molecule has 1 unspecified atom stereocenters. The SMILES string of the molecule is CC1CN(c2cc(Cl)c(-c3cnc(N4CCOCC4)nc3)cc2NC(=O)c2cnc(Cl)cc2C(F)(F)F)CCN1C. The van der Waals surface area contributed by atoms with Crippen LogP contribution in [-0.2, 0) is 10.9 Å². The first-order valence-electron chi connectivity index (χ1n) is 13.0. The van der Waals surface area contributed by atoms with E-state index in [4.69, 9.17) is 27.9 Å².